The molecule has 0 spiro atoms. The second-order valence-electron chi connectivity index (χ2n) is 6.90. The molecule has 0 amide bonds. The lowest BCUT2D eigenvalue weighted by molar-refractivity contribution is 0.300. The molecule has 1 fully saturated rings. The molecule has 28 heavy (non-hydrogen) atoms. The second kappa shape index (κ2) is 9.36. The van der Waals surface area contributed by atoms with E-state index in [0.717, 1.165) is 22.4 Å². The smallest absolute Gasteiger partial charge is 0.254 e. The number of nitrogens with zero attached hydrogens (tertiary/aromatic N) is 1. The predicted molar refractivity (Wildman–Crippen MR) is 107 cm³/mol. The van der Waals surface area contributed by atoms with E-state index in [2.05, 4.69) is 4.72 Å². The van der Waals surface area contributed by atoms with Crippen molar-refractivity contribution in [3.63, 3.8) is 0 Å². The number of ether oxygens (including phenoxy) is 2. The minimum Gasteiger partial charge on any atom is -0.760 e. The van der Waals surface area contributed by atoms with Gasteiger partial charge in [0.2, 0.25) is 0 Å². The molecule has 1 unspecified atom stereocenters. The Kier molecular flexibility index (Phi) is 6.88. The Labute approximate surface area is 167 Å². The van der Waals surface area contributed by atoms with Crippen LogP contribution in [0.1, 0.15) is 25.3 Å². The maximum Gasteiger partial charge on any atom is 0.254 e. The van der Waals surface area contributed by atoms with Crippen LogP contribution in [0.25, 0.3) is 11.1 Å². The number of hydrogen-bond acceptors (Lipinski definition) is 5. The summed E-state index contributed by atoms with van der Waals surface area (Å²) in [6.45, 7) is 3.29. The molecule has 1 aromatic heterocycles. The highest BCUT2D eigenvalue weighted by Gasteiger charge is 2.23. The number of nitrogens with one attached hydrogen (secondary N) is 1. The van der Waals surface area contributed by atoms with Crippen molar-refractivity contribution in [1.29, 1.82) is 0 Å². The van der Waals surface area contributed by atoms with Gasteiger partial charge in [0.05, 0.1) is 13.2 Å². The van der Waals surface area contributed by atoms with E-state index in [-0.39, 0.29) is 5.56 Å². The standard InChI is InChI=1S/C20H26N2O5S/c1-3-26-19-11-20(23)22(2)12-17(19)16-10-14(8-9-21-28(24)25)6-7-18(16)27-13-15-4-5-15/h6-7,10-12,15,21H,3-5,8-9,13H2,1-2H3,(H,24,25)/p-1. The molecular weight excluding hydrogens is 380 g/mol. The minimum absolute atomic E-state index is 0.147. The van der Waals surface area contributed by atoms with Crippen molar-refractivity contribution in [2.45, 2.75) is 26.2 Å². The van der Waals surface area contributed by atoms with Gasteiger partial charge in [0, 0.05) is 48.2 Å². The summed E-state index contributed by atoms with van der Waals surface area (Å²) in [6.07, 6.45) is 4.67. The van der Waals surface area contributed by atoms with Crippen molar-refractivity contribution < 1.29 is 18.2 Å². The molecule has 2 aromatic rings. The van der Waals surface area contributed by atoms with Crippen LogP contribution in [0.4, 0.5) is 0 Å². The summed E-state index contributed by atoms with van der Waals surface area (Å²) in [7, 11) is 1.70. The maximum atomic E-state index is 12.1. The van der Waals surface area contributed by atoms with Crippen molar-refractivity contribution in [2.75, 3.05) is 19.8 Å². The van der Waals surface area contributed by atoms with Gasteiger partial charge >= 0.3 is 0 Å². The van der Waals surface area contributed by atoms with Gasteiger partial charge in [-0.2, -0.15) is 0 Å². The van der Waals surface area contributed by atoms with Crippen LogP contribution < -0.4 is 19.8 Å². The number of rotatable bonds is 10. The molecule has 1 atom stereocenters. The van der Waals surface area contributed by atoms with E-state index in [0.29, 0.717) is 37.8 Å². The zero-order valence-corrected chi connectivity index (χ0v) is 16.9. The molecular formula is C20H25N2O5S-. The molecule has 0 aliphatic heterocycles. The fourth-order valence-electron chi connectivity index (χ4n) is 2.93. The minimum atomic E-state index is -2.28. The highest BCUT2D eigenvalue weighted by Crippen LogP contribution is 2.38. The lowest BCUT2D eigenvalue weighted by Gasteiger charge is -2.17. The number of aryl methyl sites for hydroxylation is 1. The average molecular weight is 405 g/mol. The van der Waals surface area contributed by atoms with E-state index in [9.17, 15) is 13.6 Å². The van der Waals surface area contributed by atoms with Gasteiger partial charge in [0.25, 0.3) is 5.56 Å². The molecule has 8 heteroatoms. The summed E-state index contributed by atoms with van der Waals surface area (Å²) < 4.78 is 37.0. The van der Waals surface area contributed by atoms with Crippen molar-refractivity contribution in [3.05, 3.63) is 46.4 Å². The lowest BCUT2D eigenvalue weighted by Crippen LogP contribution is -2.19. The van der Waals surface area contributed by atoms with Gasteiger partial charge < -0.3 is 18.6 Å². The van der Waals surface area contributed by atoms with Gasteiger partial charge in [-0.3, -0.25) is 9.00 Å². The molecule has 152 valence electrons. The van der Waals surface area contributed by atoms with E-state index >= 15 is 0 Å². The van der Waals surface area contributed by atoms with E-state index in [1.807, 2.05) is 25.1 Å². The first-order valence-corrected chi connectivity index (χ1v) is 10.5. The normalized spacial score (nSPS) is 14.7. The Bertz CT molecular complexity index is 908. The predicted octanol–water partition coefficient (Wildman–Crippen LogP) is 2.17. The van der Waals surface area contributed by atoms with Gasteiger partial charge in [-0.05, 0) is 49.8 Å². The van der Waals surface area contributed by atoms with Crippen LogP contribution >= 0.6 is 0 Å². The van der Waals surface area contributed by atoms with E-state index in [1.54, 1.807) is 13.2 Å². The number of aromatic nitrogens is 1. The van der Waals surface area contributed by atoms with Crippen LogP contribution in [0.3, 0.4) is 0 Å². The molecule has 1 N–H and O–H groups in total. The summed E-state index contributed by atoms with van der Waals surface area (Å²) in [5.41, 5.74) is 2.42. The van der Waals surface area contributed by atoms with Gasteiger partial charge in [-0.15, -0.1) is 0 Å². The number of pyridine rings is 1. The van der Waals surface area contributed by atoms with E-state index in [4.69, 9.17) is 9.47 Å². The molecule has 1 heterocycles. The largest absolute Gasteiger partial charge is 0.760 e. The first-order valence-electron chi connectivity index (χ1n) is 9.40. The monoisotopic (exact) mass is 405 g/mol. The zero-order chi connectivity index (χ0) is 20.1. The van der Waals surface area contributed by atoms with Gasteiger partial charge in [-0.1, -0.05) is 6.07 Å². The molecule has 1 aliphatic carbocycles. The Morgan fingerprint density at radius 2 is 2.00 bits per heavy atom. The third-order valence-corrected chi connectivity index (χ3v) is 5.07. The molecule has 1 saturated carbocycles. The van der Waals surface area contributed by atoms with Gasteiger partial charge in [-0.25, -0.2) is 4.72 Å². The van der Waals surface area contributed by atoms with Crippen LogP contribution in [0.5, 0.6) is 11.5 Å². The maximum absolute atomic E-state index is 12.1. The number of hydrogen-bond donors (Lipinski definition) is 1. The van der Waals surface area contributed by atoms with Crippen molar-refractivity contribution in [1.82, 2.24) is 9.29 Å². The topological polar surface area (TPSA) is 92.6 Å². The third-order valence-electron chi connectivity index (χ3n) is 4.63. The van der Waals surface area contributed by atoms with Crippen LogP contribution in [0.15, 0.2) is 35.3 Å². The first kappa shape index (κ1) is 20.6. The average Bonchev–Trinajstić information content (AvgIpc) is 3.48. The summed E-state index contributed by atoms with van der Waals surface area (Å²) in [5.74, 6) is 1.85. The van der Waals surface area contributed by atoms with Crippen LogP contribution in [0, 0.1) is 5.92 Å². The SMILES string of the molecule is CCOc1cc(=O)n(C)cc1-c1cc(CCNS(=O)[O-])ccc1OCC1CC1. The number of benzene rings is 1. The Morgan fingerprint density at radius 1 is 1.21 bits per heavy atom. The Morgan fingerprint density at radius 3 is 2.68 bits per heavy atom. The highest BCUT2D eigenvalue weighted by molar-refractivity contribution is 7.77. The molecule has 1 aromatic carbocycles. The van der Waals surface area contributed by atoms with Crippen LogP contribution in [-0.2, 0) is 24.7 Å². The zero-order valence-electron chi connectivity index (χ0n) is 16.1. The molecule has 3 rings (SSSR count). The quantitative estimate of drug-likeness (QED) is 0.612. The Balaban J connectivity index is 1.98. The van der Waals surface area contributed by atoms with Crippen molar-refractivity contribution >= 4 is 11.3 Å². The van der Waals surface area contributed by atoms with Crippen molar-refractivity contribution in [2.24, 2.45) is 13.0 Å². The highest BCUT2D eigenvalue weighted by atomic mass is 32.2. The fourth-order valence-corrected chi connectivity index (χ4v) is 3.20. The molecule has 7 nitrogen and oxygen atoms in total. The second-order valence-corrected chi connectivity index (χ2v) is 7.66. The molecule has 1 aliphatic rings. The van der Waals surface area contributed by atoms with Crippen LogP contribution in [-0.4, -0.2) is 33.1 Å². The lowest BCUT2D eigenvalue weighted by atomic mass is 10.0. The summed E-state index contributed by atoms with van der Waals surface area (Å²) in [4.78, 5) is 12.1. The summed E-state index contributed by atoms with van der Waals surface area (Å²) in [6, 6.07) is 7.30. The molecule has 0 radical (unpaired) electrons. The summed E-state index contributed by atoms with van der Waals surface area (Å²) >= 11 is -2.28. The first-order chi connectivity index (χ1) is 13.5. The van der Waals surface area contributed by atoms with Crippen molar-refractivity contribution in [3.8, 4) is 22.6 Å². The van der Waals surface area contributed by atoms with Gasteiger partial charge in [0.1, 0.15) is 11.5 Å². The molecule has 0 bridgehead atoms. The third kappa shape index (κ3) is 5.43. The van der Waals surface area contributed by atoms with Crippen LogP contribution in [0.2, 0.25) is 0 Å². The fraction of sp³-hybridized carbons (Fsp3) is 0.450. The summed E-state index contributed by atoms with van der Waals surface area (Å²) in [5, 5.41) is 0. The van der Waals surface area contributed by atoms with Gasteiger partial charge in [0.15, 0.2) is 0 Å². The van der Waals surface area contributed by atoms with E-state index < -0.39 is 11.3 Å². The Hall–Kier alpha value is -2.16. The molecule has 0 saturated heterocycles. The van der Waals surface area contributed by atoms with E-state index in [1.165, 1.54) is 23.5 Å².